The maximum Gasteiger partial charge on any atom is 0.147 e. The molecular weight excluding hydrogens is 448 g/mol. The summed E-state index contributed by atoms with van der Waals surface area (Å²) in [5.41, 5.74) is 6.78. The number of anilines is 1. The van der Waals surface area contributed by atoms with E-state index in [2.05, 4.69) is 91.8 Å². The van der Waals surface area contributed by atoms with Gasteiger partial charge in [0.05, 0.1) is 31.1 Å². The zero-order chi connectivity index (χ0) is 25.8. The van der Waals surface area contributed by atoms with Gasteiger partial charge in [-0.25, -0.2) is 0 Å². The molecule has 4 aromatic rings. The lowest BCUT2D eigenvalue weighted by Crippen LogP contribution is -2.43. The van der Waals surface area contributed by atoms with E-state index in [1.54, 1.807) is 14.2 Å². The fourth-order valence-electron chi connectivity index (χ4n) is 5.58. The lowest BCUT2D eigenvalue weighted by molar-refractivity contribution is 0.396. The molecule has 6 nitrogen and oxygen atoms in total. The van der Waals surface area contributed by atoms with Crippen molar-refractivity contribution in [2.24, 2.45) is 0 Å². The van der Waals surface area contributed by atoms with Crippen molar-refractivity contribution in [3.8, 4) is 17.2 Å². The molecule has 192 valence electrons. The van der Waals surface area contributed by atoms with Crippen LogP contribution in [0.15, 0.2) is 36.7 Å². The minimum atomic E-state index is -0.0851. The zero-order valence-electron chi connectivity index (χ0n) is 23.0. The van der Waals surface area contributed by atoms with Crippen molar-refractivity contribution in [1.29, 1.82) is 0 Å². The third-order valence-corrected chi connectivity index (χ3v) is 7.40. The Labute approximate surface area is 214 Å². The van der Waals surface area contributed by atoms with Crippen LogP contribution in [0.3, 0.4) is 0 Å². The first-order valence-electron chi connectivity index (χ1n) is 12.9. The number of rotatable bonds is 4. The van der Waals surface area contributed by atoms with Crippen molar-refractivity contribution in [1.82, 2.24) is 14.9 Å². The minimum Gasteiger partial charge on any atom is -0.494 e. The fourth-order valence-corrected chi connectivity index (χ4v) is 5.58. The quantitative estimate of drug-likeness (QED) is 0.363. The molecule has 1 aliphatic rings. The van der Waals surface area contributed by atoms with Gasteiger partial charge in [-0.05, 0) is 35.1 Å². The maximum absolute atomic E-state index is 6.16. The SMILES string of the molecule is COc1c(C(C)(C)C)cc2[nH]ccc2c1-n1ccc2c(N3CCNCC3)c(OC)c(C(C)(C)C)cc21. The highest BCUT2D eigenvalue weighted by Crippen LogP contribution is 2.47. The highest BCUT2D eigenvalue weighted by Gasteiger charge is 2.30. The van der Waals surface area contributed by atoms with Crippen molar-refractivity contribution in [2.45, 2.75) is 52.4 Å². The van der Waals surface area contributed by atoms with Gasteiger partial charge in [0.2, 0.25) is 0 Å². The van der Waals surface area contributed by atoms with Gasteiger partial charge in [0.1, 0.15) is 11.5 Å². The largest absolute Gasteiger partial charge is 0.494 e. The number of benzene rings is 2. The van der Waals surface area contributed by atoms with Crippen LogP contribution in [0.5, 0.6) is 11.5 Å². The highest BCUT2D eigenvalue weighted by molar-refractivity contribution is 6.01. The second-order valence-electron chi connectivity index (χ2n) is 11.9. The van der Waals surface area contributed by atoms with E-state index in [0.717, 1.165) is 54.3 Å². The minimum absolute atomic E-state index is 0.0753. The second-order valence-corrected chi connectivity index (χ2v) is 11.9. The number of hydrogen-bond acceptors (Lipinski definition) is 4. The molecule has 0 amide bonds. The van der Waals surface area contributed by atoms with Crippen molar-refractivity contribution < 1.29 is 9.47 Å². The normalized spacial score (nSPS) is 15.2. The van der Waals surface area contributed by atoms with Gasteiger partial charge in [-0.1, -0.05) is 41.5 Å². The van der Waals surface area contributed by atoms with E-state index in [0.29, 0.717) is 0 Å². The third kappa shape index (κ3) is 3.92. The molecule has 0 bridgehead atoms. The summed E-state index contributed by atoms with van der Waals surface area (Å²) in [6.07, 6.45) is 4.21. The predicted octanol–water partition coefficient (Wildman–Crippen LogP) is 6.13. The Kier molecular flexibility index (Phi) is 5.98. The second kappa shape index (κ2) is 8.77. The number of fused-ring (bicyclic) bond motifs is 2. The van der Waals surface area contributed by atoms with Gasteiger partial charge in [-0.3, -0.25) is 0 Å². The summed E-state index contributed by atoms with van der Waals surface area (Å²) >= 11 is 0. The molecule has 2 aromatic carbocycles. The standard InChI is InChI=1S/C30H40N4O2/c1-29(2,3)21-17-23-19(9-11-32-23)26(28(21)36-8)34-14-10-20-24(34)18-22(30(4,5)6)27(35-7)25(20)33-15-12-31-13-16-33/h9-11,14,17-18,31-32H,12-13,15-16H2,1-8H3. The summed E-state index contributed by atoms with van der Waals surface area (Å²) in [4.78, 5) is 5.92. The summed E-state index contributed by atoms with van der Waals surface area (Å²) in [6, 6.07) is 8.95. The van der Waals surface area contributed by atoms with E-state index in [9.17, 15) is 0 Å². The molecule has 0 atom stereocenters. The number of hydrogen-bond donors (Lipinski definition) is 2. The van der Waals surface area contributed by atoms with Crippen LogP contribution < -0.4 is 19.7 Å². The number of piperazine rings is 1. The Morgan fingerprint density at radius 1 is 0.778 bits per heavy atom. The van der Waals surface area contributed by atoms with Gasteiger partial charge >= 0.3 is 0 Å². The fraction of sp³-hybridized carbons (Fsp3) is 0.467. The first-order chi connectivity index (χ1) is 17.1. The number of ether oxygens (including phenoxy) is 2. The summed E-state index contributed by atoms with van der Waals surface area (Å²) < 4.78 is 14.6. The molecule has 0 radical (unpaired) electrons. The monoisotopic (exact) mass is 488 g/mol. The number of H-pyrrole nitrogens is 1. The predicted molar refractivity (Wildman–Crippen MR) is 151 cm³/mol. The van der Waals surface area contributed by atoms with E-state index in [-0.39, 0.29) is 10.8 Å². The molecular formula is C30H40N4O2. The molecule has 36 heavy (non-hydrogen) atoms. The van der Waals surface area contributed by atoms with Gasteiger partial charge in [0.15, 0.2) is 0 Å². The zero-order valence-corrected chi connectivity index (χ0v) is 23.0. The molecule has 1 aliphatic heterocycles. The Hall–Kier alpha value is -3.12. The Bertz CT molecular complexity index is 1410. The molecule has 3 heterocycles. The summed E-state index contributed by atoms with van der Waals surface area (Å²) in [5, 5.41) is 5.84. The van der Waals surface area contributed by atoms with E-state index >= 15 is 0 Å². The lowest BCUT2D eigenvalue weighted by atomic mass is 9.84. The Morgan fingerprint density at radius 2 is 1.39 bits per heavy atom. The van der Waals surface area contributed by atoms with Gasteiger partial charge in [0.25, 0.3) is 0 Å². The van der Waals surface area contributed by atoms with Crippen LogP contribution >= 0.6 is 0 Å². The van der Waals surface area contributed by atoms with Crippen molar-refractivity contribution >= 4 is 27.5 Å². The van der Waals surface area contributed by atoms with E-state index in [1.807, 2.05) is 6.20 Å². The van der Waals surface area contributed by atoms with Crippen LogP contribution in [0.2, 0.25) is 0 Å². The number of nitrogens with zero attached hydrogens (tertiary/aromatic N) is 2. The van der Waals surface area contributed by atoms with Crippen LogP contribution in [-0.4, -0.2) is 49.9 Å². The van der Waals surface area contributed by atoms with Crippen LogP contribution in [0.25, 0.3) is 27.5 Å². The van der Waals surface area contributed by atoms with E-state index in [4.69, 9.17) is 9.47 Å². The number of methoxy groups -OCH3 is 2. The van der Waals surface area contributed by atoms with Gasteiger partial charge in [0, 0.05) is 66.0 Å². The van der Waals surface area contributed by atoms with Crippen molar-refractivity contribution in [3.05, 3.63) is 47.8 Å². The average molecular weight is 489 g/mol. The van der Waals surface area contributed by atoms with Gasteiger partial charge in [-0.2, -0.15) is 0 Å². The molecule has 2 aromatic heterocycles. The maximum atomic E-state index is 6.16. The lowest BCUT2D eigenvalue weighted by Gasteiger charge is -2.34. The molecule has 6 heteroatoms. The number of aromatic nitrogens is 2. The van der Waals surface area contributed by atoms with Crippen LogP contribution in [0, 0.1) is 0 Å². The van der Waals surface area contributed by atoms with Gasteiger partial charge in [-0.15, -0.1) is 0 Å². The topological polar surface area (TPSA) is 54.5 Å². The van der Waals surface area contributed by atoms with Crippen LogP contribution in [-0.2, 0) is 10.8 Å². The van der Waals surface area contributed by atoms with Gasteiger partial charge < -0.3 is 29.2 Å². The molecule has 0 aliphatic carbocycles. The summed E-state index contributed by atoms with van der Waals surface area (Å²) in [5.74, 6) is 1.90. The molecule has 5 rings (SSSR count). The summed E-state index contributed by atoms with van der Waals surface area (Å²) in [6.45, 7) is 17.3. The van der Waals surface area contributed by atoms with Crippen molar-refractivity contribution in [2.75, 3.05) is 45.3 Å². The summed E-state index contributed by atoms with van der Waals surface area (Å²) in [7, 11) is 3.59. The smallest absolute Gasteiger partial charge is 0.147 e. The first-order valence-corrected chi connectivity index (χ1v) is 12.9. The first kappa shape index (κ1) is 24.6. The molecule has 2 N–H and O–H groups in total. The van der Waals surface area contributed by atoms with Crippen molar-refractivity contribution in [3.63, 3.8) is 0 Å². The Morgan fingerprint density at radius 3 is 2.00 bits per heavy atom. The molecule has 0 saturated carbocycles. The van der Waals surface area contributed by atoms with Crippen LogP contribution in [0.1, 0.15) is 52.7 Å². The number of aromatic amines is 1. The van der Waals surface area contributed by atoms with Crippen LogP contribution in [0.4, 0.5) is 5.69 Å². The molecule has 0 unspecified atom stereocenters. The highest BCUT2D eigenvalue weighted by atomic mass is 16.5. The Balaban J connectivity index is 1.90. The van der Waals surface area contributed by atoms with E-state index < -0.39 is 0 Å². The third-order valence-electron chi connectivity index (χ3n) is 7.40. The molecule has 1 fully saturated rings. The van der Waals surface area contributed by atoms with E-state index in [1.165, 1.54) is 27.7 Å². The number of nitrogens with one attached hydrogen (secondary N) is 2. The molecule has 1 saturated heterocycles. The average Bonchev–Trinajstić information content (AvgIpc) is 3.47. The molecule has 0 spiro atoms.